The normalized spacial score (nSPS) is 15.0. The Balaban J connectivity index is 0.000000159. The van der Waals surface area contributed by atoms with Crippen LogP contribution in [-0.4, -0.2) is 166 Å². The highest BCUT2D eigenvalue weighted by molar-refractivity contribution is 8.00. The molecule has 0 unspecified atom stereocenters. The molecule has 0 atom stereocenters. The van der Waals surface area contributed by atoms with Gasteiger partial charge in [0.1, 0.15) is 32.5 Å². The topological polar surface area (TPSA) is 329 Å². The fraction of sp³-hybridized carbons (Fsp3) is 0.571. The average Bonchev–Trinajstić information content (AvgIpc) is 4.08. The number of aromatic nitrogens is 15. The van der Waals surface area contributed by atoms with Gasteiger partial charge < -0.3 is 51.2 Å². The number of anilines is 6. The highest BCUT2D eigenvalue weighted by atomic mass is 32.2. The lowest BCUT2D eigenvalue weighted by molar-refractivity contribution is 0.122. The quantitative estimate of drug-likeness (QED) is 0.128. The Bertz CT molecular complexity index is 2120. The Labute approximate surface area is 405 Å². The fourth-order valence-electron chi connectivity index (χ4n) is 5.57. The molecule has 7 N–H and O–H groups in total. The molecule has 6 aromatic heterocycles. The van der Waals surface area contributed by atoms with Crippen molar-refractivity contribution < 1.29 is 19.3 Å². The van der Waals surface area contributed by atoms with Crippen LogP contribution in [0.1, 0.15) is 39.4 Å². The maximum Gasteiger partial charge on any atom is 0.230 e. The van der Waals surface area contributed by atoms with E-state index in [9.17, 15) is 0 Å². The molecule has 0 aromatic carbocycles. The number of nitrogens with two attached hydrogens (primary N) is 3. The highest BCUT2D eigenvalue weighted by Gasteiger charge is 2.19. The second kappa shape index (κ2) is 26.7. The minimum Gasteiger partial charge on any atom is -0.397 e. The van der Waals surface area contributed by atoms with Crippen molar-refractivity contribution >= 4 is 105 Å². The highest BCUT2D eigenvalue weighted by Crippen LogP contribution is 2.28. The SMILES string of the molecule is CCO.Cc1nnc(SCc2nc(N)nc(N3CCOCC3)n2)s1.Cc1nnc(SCc2nc(N)nc(N3CCOCC3)n2)s1.Cc1nnc(SCc2nc(N)nc(N3CCOCC3)n2)s1. The number of ether oxygens (including phenoxy) is 3. The van der Waals surface area contributed by atoms with E-state index >= 15 is 0 Å². The number of aliphatic hydroxyl groups is 1. The van der Waals surface area contributed by atoms with Gasteiger partial charge in [-0.25, -0.2) is 0 Å². The van der Waals surface area contributed by atoms with E-state index in [4.69, 9.17) is 36.5 Å². The van der Waals surface area contributed by atoms with E-state index in [1.165, 1.54) is 0 Å². The van der Waals surface area contributed by atoms with Crippen LogP contribution < -0.4 is 31.9 Å². The molecule has 9 heterocycles. The van der Waals surface area contributed by atoms with Crippen LogP contribution in [0, 0.1) is 20.8 Å². The van der Waals surface area contributed by atoms with Gasteiger partial charge in [-0.3, -0.25) is 0 Å². The predicted molar refractivity (Wildman–Crippen MR) is 257 cm³/mol. The van der Waals surface area contributed by atoms with Crippen molar-refractivity contribution in [2.75, 3.05) is 117 Å². The molecule has 0 bridgehead atoms. The molecule has 0 amide bonds. The molecule has 3 fully saturated rings. The van der Waals surface area contributed by atoms with Crippen LogP contribution in [0.25, 0.3) is 0 Å². The summed E-state index contributed by atoms with van der Waals surface area (Å²) in [5.41, 5.74) is 17.4. The third kappa shape index (κ3) is 16.9. The van der Waals surface area contributed by atoms with Crippen molar-refractivity contribution in [2.24, 2.45) is 0 Å². The van der Waals surface area contributed by atoms with E-state index in [-0.39, 0.29) is 24.5 Å². The number of rotatable bonds is 12. The van der Waals surface area contributed by atoms with Crippen molar-refractivity contribution in [3.63, 3.8) is 0 Å². The molecule has 356 valence electrons. The number of nitrogens with zero attached hydrogens (tertiary/aromatic N) is 18. The molecule has 3 aliphatic rings. The zero-order valence-electron chi connectivity index (χ0n) is 36.7. The number of nitrogen functional groups attached to an aromatic ring is 3. The van der Waals surface area contributed by atoms with Crippen LogP contribution in [0.15, 0.2) is 13.0 Å². The van der Waals surface area contributed by atoms with Gasteiger partial charge in [0.25, 0.3) is 0 Å². The summed E-state index contributed by atoms with van der Waals surface area (Å²) in [4.78, 5) is 44.8. The van der Waals surface area contributed by atoms with E-state index < -0.39 is 0 Å². The van der Waals surface area contributed by atoms with Crippen LogP contribution in [0.3, 0.4) is 0 Å². The summed E-state index contributed by atoms with van der Waals surface area (Å²) < 4.78 is 18.7. The molecular weight excluding hydrogens is 971 g/mol. The lowest BCUT2D eigenvalue weighted by Gasteiger charge is -2.26. The Hall–Kier alpha value is -4.60. The van der Waals surface area contributed by atoms with Gasteiger partial charge in [-0.1, -0.05) is 69.3 Å². The maximum atomic E-state index is 7.57. The second-order valence-corrected chi connectivity index (χ2v) is 20.7. The van der Waals surface area contributed by atoms with E-state index in [1.54, 1.807) is 76.2 Å². The zero-order chi connectivity index (χ0) is 46.7. The Morgan fingerprint density at radius 2 is 0.712 bits per heavy atom. The van der Waals surface area contributed by atoms with E-state index in [0.29, 0.717) is 92.2 Å². The lowest BCUT2D eigenvalue weighted by atomic mass is 10.4. The molecule has 0 aliphatic carbocycles. The van der Waals surface area contributed by atoms with Crippen molar-refractivity contribution in [3.8, 4) is 0 Å². The van der Waals surface area contributed by atoms with Gasteiger partial charge in [-0.15, -0.1) is 30.6 Å². The van der Waals surface area contributed by atoms with Crippen molar-refractivity contribution in [3.05, 3.63) is 32.5 Å². The Morgan fingerprint density at radius 1 is 0.455 bits per heavy atom. The first kappa shape index (κ1) is 50.8. The number of hydrogen-bond donors (Lipinski definition) is 4. The lowest BCUT2D eigenvalue weighted by Crippen LogP contribution is -2.37. The van der Waals surface area contributed by atoms with Gasteiger partial charge in [-0.2, -0.15) is 44.9 Å². The van der Waals surface area contributed by atoms with Crippen molar-refractivity contribution in [2.45, 2.75) is 58.0 Å². The molecule has 3 aliphatic heterocycles. The summed E-state index contributed by atoms with van der Waals surface area (Å²) in [7, 11) is 0. The van der Waals surface area contributed by atoms with Gasteiger partial charge in [0.2, 0.25) is 35.7 Å². The number of morpholine rings is 3. The summed E-state index contributed by atoms with van der Waals surface area (Å²) in [5, 5.41) is 34.6. The third-order valence-electron chi connectivity index (χ3n) is 8.44. The molecule has 0 radical (unpaired) electrons. The zero-order valence-corrected chi connectivity index (χ0v) is 41.6. The van der Waals surface area contributed by atoms with Gasteiger partial charge >= 0.3 is 0 Å². The number of aryl methyl sites for hydroxylation is 3. The van der Waals surface area contributed by atoms with E-state index in [2.05, 4.69) is 90.1 Å². The average molecular weight is 1020 g/mol. The molecule has 31 heteroatoms. The molecule has 3 saturated heterocycles. The number of hydrogen-bond acceptors (Lipinski definition) is 31. The van der Waals surface area contributed by atoms with Crippen LogP contribution >= 0.6 is 69.3 Å². The summed E-state index contributed by atoms with van der Waals surface area (Å²) in [6, 6.07) is 0. The van der Waals surface area contributed by atoms with Crippen molar-refractivity contribution in [1.29, 1.82) is 0 Å². The van der Waals surface area contributed by atoms with Crippen LogP contribution in [0.5, 0.6) is 0 Å². The fourth-order valence-corrected chi connectivity index (χ4v) is 10.6. The minimum absolute atomic E-state index is 0.246. The predicted octanol–water partition coefficient (Wildman–Crippen LogP) is 2.23. The summed E-state index contributed by atoms with van der Waals surface area (Å²) in [5.74, 6) is 6.35. The van der Waals surface area contributed by atoms with E-state index in [0.717, 1.165) is 67.3 Å². The molecule has 6 aromatic rings. The third-order valence-corrected chi connectivity index (χ3v) is 14.3. The van der Waals surface area contributed by atoms with Crippen molar-refractivity contribution in [1.82, 2.24) is 75.4 Å². The monoisotopic (exact) mass is 1020 g/mol. The van der Waals surface area contributed by atoms with Crippen LogP contribution in [0.2, 0.25) is 0 Å². The molecule has 9 rings (SSSR count). The largest absolute Gasteiger partial charge is 0.397 e. The van der Waals surface area contributed by atoms with Gasteiger partial charge in [0, 0.05) is 45.9 Å². The van der Waals surface area contributed by atoms with E-state index in [1.807, 2.05) is 20.8 Å². The molecule has 0 spiro atoms. The first-order valence-corrected chi connectivity index (χ1v) is 25.8. The second-order valence-electron chi connectivity index (χ2n) is 13.5. The van der Waals surface area contributed by atoms with Crippen LogP contribution in [0.4, 0.5) is 35.7 Å². The molecule has 0 saturated carbocycles. The summed E-state index contributed by atoms with van der Waals surface area (Å²) in [6.07, 6.45) is 0. The smallest absolute Gasteiger partial charge is 0.230 e. The first-order valence-electron chi connectivity index (χ1n) is 20.4. The molecule has 66 heavy (non-hydrogen) atoms. The Morgan fingerprint density at radius 3 is 0.939 bits per heavy atom. The Kier molecular flexibility index (Phi) is 20.5. The van der Waals surface area contributed by atoms with Gasteiger partial charge in [-0.05, 0) is 27.7 Å². The minimum atomic E-state index is 0.246. The molecule has 25 nitrogen and oxygen atoms in total. The van der Waals surface area contributed by atoms with Crippen LogP contribution in [-0.2, 0) is 31.5 Å². The maximum absolute atomic E-state index is 7.57. The number of aliphatic hydroxyl groups excluding tert-OH is 1. The summed E-state index contributed by atoms with van der Waals surface area (Å²) >= 11 is 9.32. The summed E-state index contributed by atoms with van der Waals surface area (Å²) in [6.45, 7) is 16.4. The standard InChI is InChI=1S/3C11H15N7OS2.C2H6O/c3*1-7-16-17-11(21-7)20-6-8-13-9(12)15-10(14-8)18-2-4-19-5-3-18;1-2-3/h3*2-6H2,1H3,(H2,12,13,14,15);3H,2H2,1H3. The first-order chi connectivity index (χ1) is 32.0. The van der Waals surface area contributed by atoms with Gasteiger partial charge in [0.15, 0.2) is 13.0 Å². The van der Waals surface area contributed by atoms with Gasteiger partial charge in [0.05, 0.1) is 56.9 Å². The number of thioether (sulfide) groups is 3. The molecular formula is C35H51N21O4S6.